The van der Waals surface area contributed by atoms with E-state index in [1.54, 1.807) is 6.07 Å². The van der Waals surface area contributed by atoms with Gasteiger partial charge in [-0.25, -0.2) is 5.10 Å². The first-order chi connectivity index (χ1) is 9.34. The van der Waals surface area contributed by atoms with Crippen molar-refractivity contribution in [2.75, 3.05) is 0 Å². The Morgan fingerprint density at radius 1 is 0.947 bits per heavy atom. The standard InChI is InChI=1S/C15H12N2O2/c18-15-13-9-5-4-8-12(13)14(16-17-15)10-19-11-6-2-1-3-7-11/h1-9H,10H2,(H,17,18). The van der Waals surface area contributed by atoms with E-state index in [0.29, 0.717) is 12.0 Å². The van der Waals surface area contributed by atoms with Crippen LogP contribution in [0.2, 0.25) is 0 Å². The Morgan fingerprint density at radius 3 is 2.42 bits per heavy atom. The minimum Gasteiger partial charge on any atom is -0.487 e. The van der Waals surface area contributed by atoms with Gasteiger partial charge in [-0.05, 0) is 18.2 Å². The summed E-state index contributed by atoms with van der Waals surface area (Å²) in [5.41, 5.74) is 0.540. The lowest BCUT2D eigenvalue weighted by Gasteiger charge is -2.07. The molecule has 0 spiro atoms. The van der Waals surface area contributed by atoms with Gasteiger partial charge in [-0.1, -0.05) is 36.4 Å². The molecule has 3 aromatic rings. The highest BCUT2D eigenvalue weighted by atomic mass is 16.5. The van der Waals surface area contributed by atoms with Gasteiger partial charge in [-0.3, -0.25) is 4.79 Å². The van der Waals surface area contributed by atoms with Crippen molar-refractivity contribution >= 4 is 10.8 Å². The van der Waals surface area contributed by atoms with Gasteiger partial charge in [0.25, 0.3) is 5.56 Å². The number of aromatic nitrogens is 2. The zero-order valence-corrected chi connectivity index (χ0v) is 10.2. The fourth-order valence-electron chi connectivity index (χ4n) is 1.95. The van der Waals surface area contributed by atoms with E-state index in [9.17, 15) is 4.79 Å². The number of H-pyrrole nitrogens is 1. The summed E-state index contributed by atoms with van der Waals surface area (Å²) in [6.07, 6.45) is 0. The molecule has 3 rings (SSSR count). The van der Waals surface area contributed by atoms with E-state index in [1.807, 2.05) is 48.5 Å². The maximum Gasteiger partial charge on any atom is 0.272 e. The quantitative estimate of drug-likeness (QED) is 0.779. The van der Waals surface area contributed by atoms with Gasteiger partial charge in [-0.2, -0.15) is 5.10 Å². The molecule has 0 saturated carbocycles. The number of benzene rings is 2. The van der Waals surface area contributed by atoms with E-state index in [2.05, 4.69) is 10.2 Å². The molecule has 0 radical (unpaired) electrons. The third-order valence-corrected chi connectivity index (χ3v) is 2.89. The molecule has 1 heterocycles. The smallest absolute Gasteiger partial charge is 0.272 e. The fraction of sp³-hybridized carbons (Fsp3) is 0.0667. The van der Waals surface area contributed by atoms with Crippen LogP contribution in [0.4, 0.5) is 0 Å². The topological polar surface area (TPSA) is 55.0 Å². The predicted octanol–water partition coefficient (Wildman–Crippen LogP) is 2.50. The number of aromatic amines is 1. The molecule has 0 amide bonds. The van der Waals surface area contributed by atoms with Crippen LogP contribution in [0.3, 0.4) is 0 Å². The van der Waals surface area contributed by atoms with E-state index in [0.717, 1.165) is 16.8 Å². The third kappa shape index (κ3) is 2.33. The second kappa shape index (κ2) is 4.94. The lowest BCUT2D eigenvalue weighted by atomic mass is 10.1. The van der Waals surface area contributed by atoms with Crippen molar-refractivity contribution in [3.05, 3.63) is 70.6 Å². The van der Waals surface area contributed by atoms with Crippen molar-refractivity contribution in [3.63, 3.8) is 0 Å². The number of para-hydroxylation sites is 1. The van der Waals surface area contributed by atoms with Crippen molar-refractivity contribution in [1.29, 1.82) is 0 Å². The van der Waals surface area contributed by atoms with E-state index in [4.69, 9.17) is 4.74 Å². The zero-order valence-electron chi connectivity index (χ0n) is 10.2. The van der Waals surface area contributed by atoms with Crippen LogP contribution < -0.4 is 10.3 Å². The molecule has 0 unspecified atom stereocenters. The Bertz CT molecular complexity index is 751. The minimum absolute atomic E-state index is 0.181. The molecule has 0 atom stereocenters. The molecule has 0 bridgehead atoms. The zero-order chi connectivity index (χ0) is 13.1. The van der Waals surface area contributed by atoms with Crippen LogP contribution in [0, 0.1) is 0 Å². The maximum atomic E-state index is 11.6. The van der Waals surface area contributed by atoms with Crippen LogP contribution in [-0.4, -0.2) is 10.2 Å². The van der Waals surface area contributed by atoms with E-state index in [-0.39, 0.29) is 5.56 Å². The molecule has 19 heavy (non-hydrogen) atoms. The summed E-state index contributed by atoms with van der Waals surface area (Å²) in [6.45, 7) is 0.321. The summed E-state index contributed by atoms with van der Waals surface area (Å²) in [6, 6.07) is 16.9. The van der Waals surface area contributed by atoms with E-state index < -0.39 is 0 Å². The molecule has 2 aromatic carbocycles. The van der Waals surface area contributed by atoms with Crippen molar-refractivity contribution in [3.8, 4) is 5.75 Å². The molecular weight excluding hydrogens is 240 g/mol. The first-order valence-electron chi connectivity index (χ1n) is 5.99. The lowest BCUT2D eigenvalue weighted by molar-refractivity contribution is 0.301. The van der Waals surface area contributed by atoms with Gasteiger partial charge in [-0.15, -0.1) is 0 Å². The monoisotopic (exact) mass is 252 g/mol. The highest BCUT2D eigenvalue weighted by molar-refractivity contribution is 5.83. The summed E-state index contributed by atoms with van der Waals surface area (Å²) in [5.74, 6) is 0.777. The van der Waals surface area contributed by atoms with Crippen LogP contribution in [0.15, 0.2) is 59.4 Å². The largest absolute Gasteiger partial charge is 0.487 e. The molecular formula is C15H12N2O2. The number of nitrogens with one attached hydrogen (secondary N) is 1. The molecule has 0 aliphatic carbocycles. The molecule has 0 fully saturated rings. The number of nitrogens with zero attached hydrogens (tertiary/aromatic N) is 1. The average molecular weight is 252 g/mol. The van der Waals surface area contributed by atoms with Gasteiger partial charge in [0, 0.05) is 5.39 Å². The predicted molar refractivity (Wildman–Crippen MR) is 73.1 cm³/mol. The van der Waals surface area contributed by atoms with Crippen LogP contribution in [0.5, 0.6) is 5.75 Å². The Kier molecular flexibility index (Phi) is 2.98. The summed E-state index contributed by atoms with van der Waals surface area (Å²) < 4.78 is 5.66. The molecule has 1 aromatic heterocycles. The number of ether oxygens (including phenoxy) is 1. The molecule has 4 heteroatoms. The average Bonchev–Trinajstić information content (AvgIpc) is 2.48. The van der Waals surface area contributed by atoms with Crippen LogP contribution in [0.1, 0.15) is 5.69 Å². The number of fused-ring (bicyclic) bond motifs is 1. The van der Waals surface area contributed by atoms with E-state index >= 15 is 0 Å². The van der Waals surface area contributed by atoms with Crippen molar-refractivity contribution < 1.29 is 4.74 Å². The maximum absolute atomic E-state index is 11.6. The third-order valence-electron chi connectivity index (χ3n) is 2.89. The SMILES string of the molecule is O=c1[nH]nc(COc2ccccc2)c2ccccc12. The van der Waals surface area contributed by atoms with E-state index in [1.165, 1.54) is 0 Å². The van der Waals surface area contributed by atoms with Crippen LogP contribution >= 0.6 is 0 Å². The second-order valence-electron chi connectivity index (χ2n) is 4.15. The van der Waals surface area contributed by atoms with Crippen molar-refractivity contribution in [1.82, 2.24) is 10.2 Å². The van der Waals surface area contributed by atoms with Crippen LogP contribution in [0.25, 0.3) is 10.8 Å². The van der Waals surface area contributed by atoms with Gasteiger partial charge in [0.1, 0.15) is 18.1 Å². The number of rotatable bonds is 3. The summed E-state index contributed by atoms with van der Waals surface area (Å²) >= 11 is 0. The highest BCUT2D eigenvalue weighted by Crippen LogP contribution is 2.15. The van der Waals surface area contributed by atoms with Gasteiger partial charge in [0.15, 0.2) is 0 Å². The Hall–Kier alpha value is -2.62. The van der Waals surface area contributed by atoms with Crippen molar-refractivity contribution in [2.24, 2.45) is 0 Å². The fourth-order valence-corrected chi connectivity index (χ4v) is 1.95. The van der Waals surface area contributed by atoms with Crippen molar-refractivity contribution in [2.45, 2.75) is 6.61 Å². The summed E-state index contributed by atoms with van der Waals surface area (Å²) in [5, 5.41) is 8.00. The molecule has 4 nitrogen and oxygen atoms in total. The highest BCUT2D eigenvalue weighted by Gasteiger charge is 2.06. The van der Waals surface area contributed by atoms with Gasteiger partial charge in [0.2, 0.25) is 0 Å². The second-order valence-corrected chi connectivity index (χ2v) is 4.15. The number of hydrogen-bond acceptors (Lipinski definition) is 3. The summed E-state index contributed by atoms with van der Waals surface area (Å²) in [7, 11) is 0. The minimum atomic E-state index is -0.181. The first kappa shape index (κ1) is 11.5. The van der Waals surface area contributed by atoms with Gasteiger partial charge in [0.05, 0.1) is 5.39 Å². The normalized spacial score (nSPS) is 10.5. The van der Waals surface area contributed by atoms with Gasteiger partial charge < -0.3 is 4.74 Å². The lowest BCUT2D eigenvalue weighted by Crippen LogP contribution is -2.12. The summed E-state index contributed by atoms with van der Waals surface area (Å²) in [4.78, 5) is 11.6. The van der Waals surface area contributed by atoms with Crippen LogP contribution in [-0.2, 0) is 6.61 Å². The Labute approximate surface area is 109 Å². The molecule has 0 saturated heterocycles. The van der Waals surface area contributed by atoms with Gasteiger partial charge >= 0.3 is 0 Å². The Morgan fingerprint density at radius 2 is 1.63 bits per heavy atom. The Balaban J connectivity index is 1.94. The molecule has 1 N–H and O–H groups in total. The first-order valence-corrected chi connectivity index (χ1v) is 5.99. The number of hydrogen-bond donors (Lipinski definition) is 1. The molecule has 0 aliphatic heterocycles. The molecule has 94 valence electrons. The molecule has 0 aliphatic rings.